The first kappa shape index (κ1) is 12.2. The topological polar surface area (TPSA) is 83.6 Å². The van der Waals surface area contributed by atoms with Crippen molar-refractivity contribution in [3.05, 3.63) is 0 Å². The Morgan fingerprint density at radius 2 is 1.92 bits per heavy atom. The number of rotatable bonds is 0. The lowest BCUT2D eigenvalue weighted by atomic mass is 9.76. The molecule has 1 saturated carbocycles. The molecule has 0 aromatic carbocycles. The molecule has 0 heterocycles. The fraction of sp³-hybridized carbons (Fsp3) is 0.889. The molecule has 1 aliphatic rings. The monoisotopic (exact) mass is 189 g/mol. The van der Waals surface area contributed by atoms with Gasteiger partial charge in [0, 0.05) is 5.54 Å². The Morgan fingerprint density at radius 3 is 2.15 bits per heavy atom. The highest BCUT2D eigenvalue weighted by Gasteiger charge is 2.28. The summed E-state index contributed by atoms with van der Waals surface area (Å²) in [7, 11) is 0. The third-order valence-electron chi connectivity index (χ3n) is 2.73. The van der Waals surface area contributed by atoms with Gasteiger partial charge >= 0.3 is 6.16 Å². The first-order chi connectivity index (χ1) is 5.86. The molecule has 13 heavy (non-hydrogen) atoms. The van der Waals surface area contributed by atoms with Gasteiger partial charge in [0.25, 0.3) is 0 Å². The molecule has 0 bridgehead atoms. The summed E-state index contributed by atoms with van der Waals surface area (Å²) in [6.07, 6.45) is 3.42. The van der Waals surface area contributed by atoms with Crippen LogP contribution in [0.15, 0.2) is 0 Å². The standard InChI is InChI=1S/C8H17N.CH2O3/c1-7-5-3-4-6-8(7,2)9;2-1(3)4/h7H,3-6,9H2,1-2H3;(H2,2,3,4). The molecule has 78 valence electrons. The van der Waals surface area contributed by atoms with E-state index in [1.54, 1.807) is 0 Å². The molecule has 2 atom stereocenters. The van der Waals surface area contributed by atoms with Crippen molar-refractivity contribution < 1.29 is 15.0 Å². The second kappa shape index (κ2) is 5.07. The lowest BCUT2D eigenvalue weighted by Crippen LogP contribution is -2.44. The lowest BCUT2D eigenvalue weighted by molar-refractivity contribution is 0.137. The highest BCUT2D eigenvalue weighted by atomic mass is 16.6. The van der Waals surface area contributed by atoms with Gasteiger partial charge < -0.3 is 15.9 Å². The molecule has 0 amide bonds. The van der Waals surface area contributed by atoms with E-state index in [0.717, 1.165) is 5.92 Å². The van der Waals surface area contributed by atoms with Crippen molar-refractivity contribution in [1.82, 2.24) is 0 Å². The van der Waals surface area contributed by atoms with Gasteiger partial charge in [0.1, 0.15) is 0 Å². The van der Waals surface area contributed by atoms with Gasteiger partial charge in [0.15, 0.2) is 0 Å². The van der Waals surface area contributed by atoms with Crippen LogP contribution in [-0.4, -0.2) is 21.9 Å². The van der Waals surface area contributed by atoms with E-state index in [9.17, 15) is 0 Å². The quantitative estimate of drug-likeness (QED) is 0.545. The zero-order valence-electron chi connectivity index (χ0n) is 8.29. The van der Waals surface area contributed by atoms with Gasteiger partial charge in [-0.05, 0) is 25.7 Å². The van der Waals surface area contributed by atoms with E-state index in [-0.39, 0.29) is 5.54 Å². The molecule has 1 aliphatic carbocycles. The maximum absolute atomic E-state index is 8.56. The number of hydrogen-bond acceptors (Lipinski definition) is 2. The third-order valence-corrected chi connectivity index (χ3v) is 2.73. The van der Waals surface area contributed by atoms with Crippen LogP contribution in [0.2, 0.25) is 0 Å². The third kappa shape index (κ3) is 5.47. The minimum atomic E-state index is -1.83. The molecule has 0 spiro atoms. The van der Waals surface area contributed by atoms with Crippen LogP contribution in [0.4, 0.5) is 4.79 Å². The van der Waals surface area contributed by atoms with Crippen LogP contribution in [0.5, 0.6) is 0 Å². The highest BCUT2D eigenvalue weighted by Crippen LogP contribution is 2.30. The van der Waals surface area contributed by atoms with E-state index >= 15 is 0 Å². The zero-order valence-corrected chi connectivity index (χ0v) is 8.29. The average molecular weight is 189 g/mol. The summed E-state index contributed by atoms with van der Waals surface area (Å²) in [6.45, 7) is 4.44. The van der Waals surface area contributed by atoms with Crippen LogP contribution in [0.1, 0.15) is 39.5 Å². The summed E-state index contributed by atoms with van der Waals surface area (Å²) in [5.41, 5.74) is 6.16. The van der Waals surface area contributed by atoms with Gasteiger partial charge in [-0.3, -0.25) is 0 Å². The molecule has 0 aromatic rings. The van der Waals surface area contributed by atoms with E-state index in [0.29, 0.717) is 0 Å². The molecular formula is C9H19NO3. The minimum absolute atomic E-state index is 0.137. The molecule has 2 unspecified atom stereocenters. The lowest BCUT2D eigenvalue weighted by Gasteiger charge is -2.35. The van der Waals surface area contributed by atoms with Crippen molar-refractivity contribution in [1.29, 1.82) is 0 Å². The number of nitrogens with two attached hydrogens (primary N) is 1. The van der Waals surface area contributed by atoms with Gasteiger partial charge in [0.2, 0.25) is 0 Å². The van der Waals surface area contributed by atoms with E-state index < -0.39 is 6.16 Å². The maximum atomic E-state index is 8.56. The largest absolute Gasteiger partial charge is 0.503 e. The second-order valence-electron chi connectivity index (χ2n) is 3.94. The predicted molar refractivity (Wildman–Crippen MR) is 50.9 cm³/mol. The van der Waals surface area contributed by atoms with Gasteiger partial charge in [-0.2, -0.15) is 0 Å². The molecule has 4 N–H and O–H groups in total. The Morgan fingerprint density at radius 1 is 1.46 bits per heavy atom. The predicted octanol–water partition coefficient (Wildman–Crippen LogP) is 2.14. The second-order valence-corrected chi connectivity index (χ2v) is 3.94. The number of carboxylic acid groups (broad SMARTS) is 2. The Hall–Kier alpha value is -0.770. The first-order valence-corrected chi connectivity index (χ1v) is 4.57. The summed E-state index contributed by atoms with van der Waals surface area (Å²) >= 11 is 0. The van der Waals surface area contributed by atoms with E-state index in [1.807, 2.05) is 0 Å². The zero-order chi connectivity index (χ0) is 10.5. The van der Waals surface area contributed by atoms with Crippen LogP contribution in [0.25, 0.3) is 0 Å². The molecule has 4 heteroatoms. The SMILES string of the molecule is CC1CCCCC1(C)N.O=C(O)O. The van der Waals surface area contributed by atoms with Crippen molar-refractivity contribution in [2.75, 3.05) is 0 Å². The summed E-state index contributed by atoms with van der Waals surface area (Å²) < 4.78 is 0. The average Bonchev–Trinajstić information content (AvgIpc) is 1.94. The summed E-state index contributed by atoms with van der Waals surface area (Å²) in [4.78, 5) is 8.56. The summed E-state index contributed by atoms with van der Waals surface area (Å²) in [5.74, 6) is 0.728. The van der Waals surface area contributed by atoms with Crippen molar-refractivity contribution in [2.45, 2.75) is 45.1 Å². The molecular weight excluding hydrogens is 170 g/mol. The number of carbonyl (C=O) groups is 1. The molecule has 0 aliphatic heterocycles. The first-order valence-electron chi connectivity index (χ1n) is 4.57. The molecule has 0 saturated heterocycles. The molecule has 1 fully saturated rings. The highest BCUT2D eigenvalue weighted by molar-refractivity contribution is 5.53. The molecule has 0 radical (unpaired) electrons. The van der Waals surface area contributed by atoms with Crippen LogP contribution >= 0.6 is 0 Å². The summed E-state index contributed by atoms with van der Waals surface area (Å²) in [6, 6.07) is 0. The van der Waals surface area contributed by atoms with Gasteiger partial charge in [-0.1, -0.05) is 19.8 Å². The van der Waals surface area contributed by atoms with Crippen LogP contribution in [0.3, 0.4) is 0 Å². The van der Waals surface area contributed by atoms with E-state index in [1.165, 1.54) is 25.7 Å². The van der Waals surface area contributed by atoms with Crippen LogP contribution in [0, 0.1) is 5.92 Å². The molecule has 4 nitrogen and oxygen atoms in total. The fourth-order valence-corrected chi connectivity index (χ4v) is 1.53. The minimum Gasteiger partial charge on any atom is -0.450 e. The van der Waals surface area contributed by atoms with E-state index in [2.05, 4.69) is 13.8 Å². The maximum Gasteiger partial charge on any atom is 0.503 e. The smallest absolute Gasteiger partial charge is 0.450 e. The van der Waals surface area contributed by atoms with Gasteiger partial charge in [0.05, 0.1) is 0 Å². The van der Waals surface area contributed by atoms with Crippen LogP contribution < -0.4 is 5.73 Å². The number of hydrogen-bond donors (Lipinski definition) is 3. The van der Waals surface area contributed by atoms with Crippen molar-refractivity contribution in [3.8, 4) is 0 Å². The Balaban J connectivity index is 0.000000310. The Labute approximate surface area is 78.7 Å². The van der Waals surface area contributed by atoms with Gasteiger partial charge in [-0.15, -0.1) is 0 Å². The summed E-state index contributed by atoms with van der Waals surface area (Å²) in [5, 5.41) is 13.9. The molecule has 1 rings (SSSR count). The normalized spacial score (nSPS) is 33.0. The Kier molecular flexibility index (Phi) is 4.77. The van der Waals surface area contributed by atoms with Crippen LogP contribution in [-0.2, 0) is 0 Å². The van der Waals surface area contributed by atoms with Gasteiger partial charge in [-0.25, -0.2) is 4.79 Å². The Bertz CT molecular complexity index is 164. The fourth-order valence-electron chi connectivity index (χ4n) is 1.53. The van der Waals surface area contributed by atoms with Crippen molar-refractivity contribution >= 4 is 6.16 Å². The van der Waals surface area contributed by atoms with Crippen molar-refractivity contribution in [3.63, 3.8) is 0 Å². The van der Waals surface area contributed by atoms with E-state index in [4.69, 9.17) is 20.7 Å². The van der Waals surface area contributed by atoms with Crippen molar-refractivity contribution in [2.24, 2.45) is 11.7 Å². The molecule has 0 aromatic heterocycles.